The third-order valence-corrected chi connectivity index (χ3v) is 2.31. The van der Waals surface area contributed by atoms with Gasteiger partial charge in [-0.15, -0.1) is 0 Å². The van der Waals surface area contributed by atoms with Gasteiger partial charge in [-0.05, 0) is 27.0 Å². The van der Waals surface area contributed by atoms with E-state index >= 15 is 0 Å². The SMILES string of the molecule is C=C/C=C\C(=C)N(C)C(C)(C)NC. The van der Waals surface area contributed by atoms with E-state index in [2.05, 4.69) is 37.2 Å². The number of allylic oxidation sites excluding steroid dienone is 3. The van der Waals surface area contributed by atoms with Crippen molar-refractivity contribution in [1.82, 2.24) is 10.2 Å². The maximum atomic E-state index is 3.96. The van der Waals surface area contributed by atoms with E-state index < -0.39 is 0 Å². The molecule has 0 saturated heterocycles. The molecule has 0 aliphatic rings. The maximum absolute atomic E-state index is 3.96. The van der Waals surface area contributed by atoms with Crippen LogP contribution in [0.1, 0.15) is 13.8 Å². The summed E-state index contributed by atoms with van der Waals surface area (Å²) in [5, 5.41) is 3.20. The largest absolute Gasteiger partial charge is 0.357 e. The Kier molecular flexibility index (Phi) is 4.49. The van der Waals surface area contributed by atoms with Gasteiger partial charge in [0.05, 0.1) is 5.66 Å². The third-order valence-electron chi connectivity index (χ3n) is 2.31. The summed E-state index contributed by atoms with van der Waals surface area (Å²) in [6, 6.07) is 0. The molecule has 0 fully saturated rings. The molecule has 0 atom stereocenters. The fourth-order valence-electron chi connectivity index (χ4n) is 0.818. The second-order valence-corrected chi connectivity index (χ2v) is 3.45. The minimum Gasteiger partial charge on any atom is -0.357 e. The van der Waals surface area contributed by atoms with E-state index in [1.807, 2.05) is 26.2 Å². The minimum absolute atomic E-state index is 0.0808. The molecule has 0 aromatic heterocycles. The van der Waals surface area contributed by atoms with Gasteiger partial charge in [0.1, 0.15) is 0 Å². The number of likely N-dealkylation sites (N-methyl/N-ethyl adjacent to an activating group) is 1. The first-order valence-corrected chi connectivity index (χ1v) is 4.36. The van der Waals surface area contributed by atoms with Gasteiger partial charge < -0.3 is 4.90 Å². The Morgan fingerprint density at radius 2 is 2.00 bits per heavy atom. The highest BCUT2D eigenvalue weighted by molar-refractivity contribution is 5.18. The van der Waals surface area contributed by atoms with Gasteiger partial charge in [-0.25, -0.2) is 0 Å². The van der Waals surface area contributed by atoms with Crippen LogP contribution in [0.5, 0.6) is 0 Å². The molecular weight excluding hydrogens is 160 g/mol. The predicted octanol–water partition coefficient (Wildman–Crippen LogP) is 2.13. The molecule has 2 heteroatoms. The number of nitrogens with zero attached hydrogens (tertiary/aromatic N) is 1. The van der Waals surface area contributed by atoms with Crippen molar-refractivity contribution in [3.05, 3.63) is 37.1 Å². The van der Waals surface area contributed by atoms with Crippen molar-refractivity contribution in [2.45, 2.75) is 19.5 Å². The molecule has 0 spiro atoms. The summed E-state index contributed by atoms with van der Waals surface area (Å²) < 4.78 is 0. The number of hydrogen-bond donors (Lipinski definition) is 1. The third kappa shape index (κ3) is 3.47. The monoisotopic (exact) mass is 180 g/mol. The number of nitrogens with one attached hydrogen (secondary N) is 1. The molecule has 0 amide bonds. The highest BCUT2D eigenvalue weighted by atomic mass is 15.3. The van der Waals surface area contributed by atoms with Crippen LogP contribution in [0.25, 0.3) is 0 Å². The molecule has 0 unspecified atom stereocenters. The standard InChI is InChI=1S/C11H20N2/c1-7-8-9-10(2)13(6)11(3,4)12-5/h7-9,12H,1-2H2,3-6H3/b9-8-. The summed E-state index contributed by atoms with van der Waals surface area (Å²) in [5.41, 5.74) is 0.877. The average Bonchev–Trinajstić information content (AvgIpc) is 2.12. The molecule has 0 radical (unpaired) electrons. The van der Waals surface area contributed by atoms with E-state index in [-0.39, 0.29) is 5.66 Å². The molecule has 0 bridgehead atoms. The molecule has 0 aromatic carbocycles. The second kappa shape index (κ2) is 4.87. The fourth-order valence-corrected chi connectivity index (χ4v) is 0.818. The summed E-state index contributed by atoms with van der Waals surface area (Å²) in [6.07, 6.45) is 5.56. The van der Waals surface area contributed by atoms with Crippen molar-refractivity contribution in [3.8, 4) is 0 Å². The van der Waals surface area contributed by atoms with Crippen LogP contribution in [0.4, 0.5) is 0 Å². The van der Waals surface area contributed by atoms with E-state index in [0.717, 1.165) is 5.70 Å². The smallest absolute Gasteiger partial charge is 0.0845 e. The van der Waals surface area contributed by atoms with Crippen LogP contribution in [0, 0.1) is 0 Å². The Balaban J connectivity index is 4.42. The number of rotatable bonds is 5. The zero-order valence-electron chi connectivity index (χ0n) is 9.09. The van der Waals surface area contributed by atoms with Gasteiger partial charge in [-0.3, -0.25) is 5.32 Å². The lowest BCUT2D eigenvalue weighted by atomic mass is 10.2. The highest BCUT2D eigenvalue weighted by Gasteiger charge is 2.20. The molecule has 74 valence electrons. The van der Waals surface area contributed by atoms with Gasteiger partial charge in [0.2, 0.25) is 0 Å². The maximum Gasteiger partial charge on any atom is 0.0845 e. The molecule has 0 aromatic rings. The Morgan fingerprint density at radius 3 is 2.38 bits per heavy atom. The lowest BCUT2D eigenvalue weighted by Crippen LogP contribution is -2.50. The van der Waals surface area contributed by atoms with Gasteiger partial charge >= 0.3 is 0 Å². The Labute approximate surface area is 81.6 Å². The van der Waals surface area contributed by atoms with Crippen molar-refractivity contribution < 1.29 is 0 Å². The van der Waals surface area contributed by atoms with Crippen LogP contribution < -0.4 is 5.32 Å². The summed E-state index contributed by atoms with van der Waals surface area (Å²) >= 11 is 0. The predicted molar refractivity (Wildman–Crippen MR) is 59.4 cm³/mol. The van der Waals surface area contributed by atoms with E-state index in [9.17, 15) is 0 Å². The van der Waals surface area contributed by atoms with Crippen molar-refractivity contribution in [2.24, 2.45) is 0 Å². The average molecular weight is 180 g/mol. The fraction of sp³-hybridized carbons (Fsp3) is 0.455. The minimum atomic E-state index is -0.0808. The molecule has 0 rings (SSSR count). The summed E-state index contributed by atoms with van der Waals surface area (Å²) in [5.74, 6) is 0. The first-order chi connectivity index (χ1) is 5.95. The molecule has 0 heterocycles. The lowest BCUT2D eigenvalue weighted by Gasteiger charge is -2.37. The van der Waals surface area contributed by atoms with E-state index in [1.165, 1.54) is 0 Å². The zero-order valence-corrected chi connectivity index (χ0v) is 9.09. The van der Waals surface area contributed by atoms with Crippen LogP contribution in [-0.4, -0.2) is 24.7 Å². The normalized spacial score (nSPS) is 11.7. The summed E-state index contributed by atoms with van der Waals surface area (Å²) in [4.78, 5) is 2.08. The quantitative estimate of drug-likeness (QED) is 0.515. The van der Waals surface area contributed by atoms with Gasteiger partial charge in [0.25, 0.3) is 0 Å². The first kappa shape index (κ1) is 12.0. The van der Waals surface area contributed by atoms with Gasteiger partial charge in [-0.2, -0.15) is 0 Å². The summed E-state index contributed by atoms with van der Waals surface area (Å²) in [7, 11) is 3.94. The highest BCUT2D eigenvalue weighted by Crippen LogP contribution is 2.13. The molecule has 0 saturated carbocycles. The van der Waals surface area contributed by atoms with Gasteiger partial charge in [0, 0.05) is 12.7 Å². The molecule has 2 nitrogen and oxygen atoms in total. The van der Waals surface area contributed by atoms with E-state index in [4.69, 9.17) is 0 Å². The molecular formula is C11H20N2. The van der Waals surface area contributed by atoms with Gasteiger partial charge in [0.15, 0.2) is 0 Å². The molecule has 13 heavy (non-hydrogen) atoms. The Bertz CT molecular complexity index is 214. The van der Waals surface area contributed by atoms with Crippen molar-refractivity contribution in [3.63, 3.8) is 0 Å². The lowest BCUT2D eigenvalue weighted by molar-refractivity contribution is 0.176. The Morgan fingerprint density at radius 1 is 1.46 bits per heavy atom. The molecule has 0 aliphatic carbocycles. The number of hydrogen-bond acceptors (Lipinski definition) is 2. The van der Waals surface area contributed by atoms with Crippen LogP contribution in [0.3, 0.4) is 0 Å². The molecule has 0 aliphatic heterocycles. The van der Waals surface area contributed by atoms with Crippen LogP contribution in [-0.2, 0) is 0 Å². The van der Waals surface area contributed by atoms with Gasteiger partial charge in [-0.1, -0.05) is 25.3 Å². The second-order valence-electron chi connectivity index (χ2n) is 3.45. The Hall–Kier alpha value is -1.02. The van der Waals surface area contributed by atoms with E-state index in [0.29, 0.717) is 0 Å². The van der Waals surface area contributed by atoms with Crippen molar-refractivity contribution in [1.29, 1.82) is 0 Å². The zero-order chi connectivity index (χ0) is 10.5. The van der Waals surface area contributed by atoms with Crippen LogP contribution >= 0.6 is 0 Å². The van der Waals surface area contributed by atoms with Crippen molar-refractivity contribution >= 4 is 0 Å². The van der Waals surface area contributed by atoms with Crippen LogP contribution in [0.15, 0.2) is 37.1 Å². The van der Waals surface area contributed by atoms with E-state index in [1.54, 1.807) is 6.08 Å². The topological polar surface area (TPSA) is 15.3 Å². The summed E-state index contributed by atoms with van der Waals surface area (Å²) in [6.45, 7) is 11.8. The van der Waals surface area contributed by atoms with Crippen LogP contribution in [0.2, 0.25) is 0 Å². The van der Waals surface area contributed by atoms with Crippen molar-refractivity contribution in [2.75, 3.05) is 14.1 Å². The molecule has 1 N–H and O–H groups in total. The first-order valence-electron chi connectivity index (χ1n) is 4.36.